The van der Waals surface area contributed by atoms with E-state index < -0.39 is 28.9 Å². The number of carbonyl (C=O) groups is 2. The van der Waals surface area contributed by atoms with Crippen molar-refractivity contribution in [1.29, 1.82) is 5.26 Å². The number of non-ortho nitro benzene ring substituents is 1. The van der Waals surface area contributed by atoms with Crippen LogP contribution in [0.3, 0.4) is 0 Å². The predicted molar refractivity (Wildman–Crippen MR) is 81.3 cm³/mol. The van der Waals surface area contributed by atoms with Gasteiger partial charge in [-0.25, -0.2) is 4.79 Å². The lowest BCUT2D eigenvalue weighted by Crippen LogP contribution is -2.51. The maximum atomic E-state index is 12.3. The van der Waals surface area contributed by atoms with E-state index in [2.05, 4.69) is 17.2 Å². The van der Waals surface area contributed by atoms with Gasteiger partial charge in [0, 0.05) is 17.8 Å². The molecule has 0 aliphatic carbocycles. The van der Waals surface area contributed by atoms with Crippen LogP contribution in [0.5, 0.6) is 0 Å². The van der Waals surface area contributed by atoms with E-state index in [1.165, 1.54) is 18.2 Å². The Balaban J connectivity index is 2.32. The summed E-state index contributed by atoms with van der Waals surface area (Å²) in [5.74, 6) is -1.65. The zero-order chi connectivity index (χ0) is 17.7. The van der Waals surface area contributed by atoms with Gasteiger partial charge in [-0.1, -0.05) is 18.7 Å². The molecule has 0 radical (unpaired) electrons. The molecule has 2 amide bonds. The second-order valence-electron chi connectivity index (χ2n) is 5.01. The largest absolute Gasteiger partial charge is 0.464 e. The fourth-order valence-electron chi connectivity index (χ4n) is 2.36. The highest BCUT2D eigenvalue weighted by Crippen LogP contribution is 2.31. The van der Waals surface area contributed by atoms with Crippen molar-refractivity contribution in [3.05, 3.63) is 52.2 Å². The summed E-state index contributed by atoms with van der Waals surface area (Å²) >= 11 is 0. The first-order valence-electron chi connectivity index (χ1n) is 6.98. The first-order valence-corrected chi connectivity index (χ1v) is 6.98. The Bertz CT molecular complexity index is 740. The van der Waals surface area contributed by atoms with Gasteiger partial charge in [-0.3, -0.25) is 14.9 Å². The van der Waals surface area contributed by atoms with Gasteiger partial charge in [0.2, 0.25) is 0 Å². The highest BCUT2D eigenvalue weighted by atomic mass is 16.6. The molecule has 0 unspecified atom stereocenters. The quantitative estimate of drug-likeness (QED) is 0.364. The number of rotatable bonds is 5. The molecule has 0 aromatic heterocycles. The zero-order valence-corrected chi connectivity index (χ0v) is 12.5. The molecule has 2 N–H and O–H groups in total. The van der Waals surface area contributed by atoms with E-state index in [1.54, 1.807) is 6.07 Å². The Labute approximate surface area is 137 Å². The topological polar surface area (TPSA) is 134 Å². The minimum absolute atomic E-state index is 0.0339. The Hall–Kier alpha value is -3.41. The monoisotopic (exact) mass is 330 g/mol. The van der Waals surface area contributed by atoms with Gasteiger partial charge in [0.15, 0.2) is 0 Å². The van der Waals surface area contributed by atoms with E-state index in [0.717, 1.165) is 0 Å². The van der Waals surface area contributed by atoms with Gasteiger partial charge in [0.1, 0.15) is 12.5 Å². The van der Waals surface area contributed by atoms with Crippen molar-refractivity contribution in [2.24, 2.45) is 5.92 Å². The number of nitro benzene ring substituents is 1. The van der Waals surface area contributed by atoms with Crippen molar-refractivity contribution in [2.75, 3.05) is 6.61 Å². The van der Waals surface area contributed by atoms with Crippen LogP contribution < -0.4 is 10.6 Å². The second kappa shape index (κ2) is 7.23. The van der Waals surface area contributed by atoms with Crippen LogP contribution >= 0.6 is 0 Å². The third-order valence-corrected chi connectivity index (χ3v) is 3.42. The summed E-state index contributed by atoms with van der Waals surface area (Å²) in [6, 6.07) is 6.02. The van der Waals surface area contributed by atoms with Gasteiger partial charge in [0.25, 0.3) is 5.69 Å². The lowest BCUT2D eigenvalue weighted by Gasteiger charge is -2.33. The second-order valence-corrected chi connectivity index (χ2v) is 5.01. The average Bonchev–Trinajstić information content (AvgIpc) is 2.54. The molecule has 1 heterocycles. The van der Waals surface area contributed by atoms with E-state index in [0.29, 0.717) is 5.56 Å². The Morgan fingerprint density at radius 3 is 2.92 bits per heavy atom. The maximum Gasteiger partial charge on any atom is 0.319 e. The molecule has 0 bridgehead atoms. The molecule has 0 spiro atoms. The molecule has 1 aliphatic rings. The average molecular weight is 330 g/mol. The minimum atomic E-state index is -0.969. The van der Waals surface area contributed by atoms with Crippen LogP contribution in [0.4, 0.5) is 10.5 Å². The van der Waals surface area contributed by atoms with Gasteiger partial charge in [-0.05, 0) is 5.56 Å². The maximum absolute atomic E-state index is 12.3. The van der Waals surface area contributed by atoms with Crippen LogP contribution in [0.15, 0.2) is 36.5 Å². The van der Waals surface area contributed by atoms with Crippen LogP contribution in [0.25, 0.3) is 0 Å². The van der Waals surface area contributed by atoms with Crippen LogP contribution in [0.2, 0.25) is 0 Å². The molecule has 9 heteroatoms. The molecule has 24 heavy (non-hydrogen) atoms. The molecule has 1 aliphatic heterocycles. The van der Waals surface area contributed by atoms with Crippen molar-refractivity contribution < 1.29 is 19.2 Å². The standard InChI is InChI=1S/C15H14N4O5/c1-9-12(14(20)24-7-3-6-16)13(18-15(21)17-9)10-4-2-5-11(8-10)19(22)23/h2,4-5,8,12-13H,1,3,7H2,(H2,17,18,21)/t12-,13-/m0/s1. The molecule has 1 aromatic carbocycles. The van der Waals surface area contributed by atoms with Crippen LogP contribution in [0.1, 0.15) is 18.0 Å². The SMILES string of the molecule is C=C1NC(=O)N[C@@H](c2cccc([N+](=O)[O-])c2)[C@H]1C(=O)OCCC#N. The molecule has 1 aromatic rings. The normalized spacial score (nSPS) is 19.6. The summed E-state index contributed by atoms with van der Waals surface area (Å²) in [7, 11) is 0. The number of urea groups is 1. The highest BCUT2D eigenvalue weighted by Gasteiger charge is 2.39. The third kappa shape index (κ3) is 3.67. The highest BCUT2D eigenvalue weighted by molar-refractivity contribution is 5.85. The molecule has 1 saturated heterocycles. The number of nitro groups is 1. The van der Waals surface area contributed by atoms with Crippen molar-refractivity contribution in [1.82, 2.24) is 10.6 Å². The Kier molecular flexibility index (Phi) is 5.11. The summed E-state index contributed by atoms with van der Waals surface area (Å²) in [5, 5.41) is 24.4. The number of amides is 2. The number of hydrogen-bond acceptors (Lipinski definition) is 6. The Morgan fingerprint density at radius 2 is 2.25 bits per heavy atom. The summed E-state index contributed by atoms with van der Waals surface area (Å²) in [6.45, 7) is 3.57. The van der Waals surface area contributed by atoms with Gasteiger partial charge >= 0.3 is 12.0 Å². The minimum Gasteiger partial charge on any atom is -0.464 e. The summed E-state index contributed by atoms with van der Waals surface area (Å²) < 4.78 is 5.01. The van der Waals surface area contributed by atoms with Gasteiger partial charge in [-0.15, -0.1) is 0 Å². The number of benzene rings is 1. The summed E-state index contributed by atoms with van der Waals surface area (Å²) in [5.41, 5.74) is 0.335. The van der Waals surface area contributed by atoms with Crippen molar-refractivity contribution in [2.45, 2.75) is 12.5 Å². The predicted octanol–water partition coefficient (Wildman–Crippen LogP) is 1.54. The summed E-state index contributed by atoms with van der Waals surface area (Å²) in [6.07, 6.45) is 0.0339. The van der Waals surface area contributed by atoms with Gasteiger partial charge in [0.05, 0.1) is 23.5 Å². The molecule has 9 nitrogen and oxygen atoms in total. The number of nitrogens with zero attached hydrogens (tertiary/aromatic N) is 2. The van der Waals surface area contributed by atoms with Crippen molar-refractivity contribution in [3.63, 3.8) is 0 Å². The van der Waals surface area contributed by atoms with E-state index in [4.69, 9.17) is 10.00 Å². The number of hydrogen-bond donors (Lipinski definition) is 2. The Morgan fingerprint density at radius 1 is 1.50 bits per heavy atom. The number of nitrogens with one attached hydrogen (secondary N) is 2. The lowest BCUT2D eigenvalue weighted by molar-refractivity contribution is -0.384. The fraction of sp³-hybridized carbons (Fsp3) is 0.267. The van der Waals surface area contributed by atoms with E-state index in [9.17, 15) is 19.7 Å². The number of nitriles is 1. The lowest BCUT2D eigenvalue weighted by atomic mass is 9.89. The smallest absolute Gasteiger partial charge is 0.319 e. The third-order valence-electron chi connectivity index (χ3n) is 3.42. The molecule has 1 fully saturated rings. The van der Waals surface area contributed by atoms with E-state index in [-0.39, 0.29) is 24.4 Å². The molecule has 2 atom stereocenters. The van der Waals surface area contributed by atoms with Crippen LogP contribution in [-0.2, 0) is 9.53 Å². The van der Waals surface area contributed by atoms with Crippen LogP contribution in [-0.4, -0.2) is 23.5 Å². The number of ether oxygens (including phenoxy) is 1. The van der Waals surface area contributed by atoms with Crippen molar-refractivity contribution in [3.8, 4) is 6.07 Å². The summed E-state index contributed by atoms with van der Waals surface area (Å²) in [4.78, 5) is 34.3. The zero-order valence-electron chi connectivity index (χ0n) is 12.5. The molecular formula is C15H14N4O5. The van der Waals surface area contributed by atoms with Crippen LogP contribution in [0, 0.1) is 27.4 Å². The van der Waals surface area contributed by atoms with E-state index >= 15 is 0 Å². The first kappa shape index (κ1) is 17.0. The molecule has 124 valence electrons. The van der Waals surface area contributed by atoms with E-state index in [1.807, 2.05) is 6.07 Å². The molecule has 0 saturated carbocycles. The first-order chi connectivity index (χ1) is 11.4. The van der Waals surface area contributed by atoms with Gasteiger partial charge < -0.3 is 15.4 Å². The fourth-order valence-corrected chi connectivity index (χ4v) is 2.36. The number of esters is 1. The number of carbonyl (C=O) groups excluding carboxylic acids is 2. The van der Waals surface area contributed by atoms with Gasteiger partial charge in [-0.2, -0.15) is 5.26 Å². The molecular weight excluding hydrogens is 316 g/mol. The molecule has 2 rings (SSSR count). The van der Waals surface area contributed by atoms with Crippen molar-refractivity contribution >= 4 is 17.7 Å².